The van der Waals surface area contributed by atoms with Crippen molar-refractivity contribution in [3.05, 3.63) is 46.8 Å². The van der Waals surface area contributed by atoms with Crippen molar-refractivity contribution in [2.75, 3.05) is 13.1 Å². The number of carboxylic acids is 1. The van der Waals surface area contributed by atoms with Gasteiger partial charge < -0.3 is 10.0 Å². The smallest absolute Gasteiger partial charge is 0.308 e. The highest BCUT2D eigenvalue weighted by Gasteiger charge is 2.38. The van der Waals surface area contributed by atoms with Crippen molar-refractivity contribution in [1.29, 1.82) is 0 Å². The molecule has 0 unspecified atom stereocenters. The Morgan fingerprint density at radius 2 is 1.92 bits per heavy atom. The van der Waals surface area contributed by atoms with Crippen LogP contribution in [0.25, 0.3) is 5.69 Å². The number of benzene rings is 1. The summed E-state index contributed by atoms with van der Waals surface area (Å²) in [6.45, 7) is 8.49. The topological polar surface area (TPSA) is 75.4 Å². The first-order chi connectivity index (χ1) is 11.8. The summed E-state index contributed by atoms with van der Waals surface area (Å²) in [5.41, 5.74) is 4.46. The number of hydrogen-bond acceptors (Lipinski definition) is 3. The fourth-order valence-corrected chi connectivity index (χ4v) is 3.43. The third-order valence-electron chi connectivity index (χ3n) is 5.05. The SMILES string of the molecule is Cc1ccc(C)c(-n2ncc(C(=O)N3C[C@@H](C)[C@H](C(=O)O)C3)c2C)c1. The average Bonchev–Trinajstić information content (AvgIpc) is 3.12. The zero-order valence-corrected chi connectivity index (χ0v) is 15.0. The summed E-state index contributed by atoms with van der Waals surface area (Å²) in [4.78, 5) is 25.8. The van der Waals surface area contributed by atoms with E-state index in [9.17, 15) is 14.7 Å². The predicted molar refractivity (Wildman–Crippen MR) is 94.0 cm³/mol. The zero-order chi connectivity index (χ0) is 18.3. The summed E-state index contributed by atoms with van der Waals surface area (Å²) >= 11 is 0. The number of rotatable bonds is 3. The van der Waals surface area contributed by atoms with E-state index in [0.717, 1.165) is 22.5 Å². The Bertz CT molecular complexity index is 840. The standard InChI is InChI=1S/C19H23N3O3/c1-11-5-6-12(2)17(7-11)22-14(4)15(8-20-22)18(23)21-9-13(3)16(10-21)19(24)25/h5-8,13,16H,9-10H2,1-4H3,(H,24,25)/t13-,16-/m1/s1. The maximum atomic E-state index is 12.9. The van der Waals surface area contributed by atoms with Crippen LogP contribution < -0.4 is 0 Å². The third kappa shape index (κ3) is 3.04. The second-order valence-electron chi connectivity index (χ2n) is 6.98. The van der Waals surface area contributed by atoms with Crippen molar-refractivity contribution < 1.29 is 14.7 Å². The molecule has 25 heavy (non-hydrogen) atoms. The number of carbonyl (C=O) groups excluding carboxylic acids is 1. The average molecular weight is 341 g/mol. The summed E-state index contributed by atoms with van der Waals surface area (Å²) < 4.78 is 1.78. The minimum Gasteiger partial charge on any atom is -0.481 e. The molecule has 1 amide bonds. The van der Waals surface area contributed by atoms with E-state index in [1.807, 2.05) is 45.9 Å². The summed E-state index contributed by atoms with van der Waals surface area (Å²) in [6, 6.07) is 6.12. The molecular weight excluding hydrogens is 318 g/mol. The summed E-state index contributed by atoms with van der Waals surface area (Å²) in [6.07, 6.45) is 1.58. The second-order valence-corrected chi connectivity index (χ2v) is 6.98. The number of aliphatic carboxylic acids is 1. The maximum absolute atomic E-state index is 12.9. The lowest BCUT2D eigenvalue weighted by Crippen LogP contribution is -2.30. The van der Waals surface area contributed by atoms with E-state index in [-0.39, 0.29) is 18.4 Å². The lowest BCUT2D eigenvalue weighted by atomic mass is 9.99. The maximum Gasteiger partial charge on any atom is 0.308 e. The molecule has 1 saturated heterocycles. The fourth-order valence-electron chi connectivity index (χ4n) is 3.43. The van der Waals surface area contributed by atoms with Crippen molar-refractivity contribution in [3.63, 3.8) is 0 Å². The summed E-state index contributed by atoms with van der Waals surface area (Å²) in [7, 11) is 0. The number of carboxylic acid groups (broad SMARTS) is 1. The Labute approximate surface area is 147 Å². The van der Waals surface area contributed by atoms with Gasteiger partial charge in [0, 0.05) is 13.1 Å². The Kier molecular flexibility index (Phi) is 4.37. The molecule has 1 aliphatic heterocycles. The molecule has 6 heteroatoms. The Morgan fingerprint density at radius 1 is 1.20 bits per heavy atom. The summed E-state index contributed by atoms with van der Waals surface area (Å²) in [5, 5.41) is 13.7. The molecule has 3 rings (SSSR count). The highest BCUT2D eigenvalue weighted by molar-refractivity contribution is 5.95. The van der Waals surface area contributed by atoms with Crippen molar-refractivity contribution in [2.45, 2.75) is 27.7 Å². The van der Waals surface area contributed by atoms with E-state index >= 15 is 0 Å². The molecule has 132 valence electrons. The Hall–Kier alpha value is -2.63. The minimum atomic E-state index is -0.842. The van der Waals surface area contributed by atoms with Crippen LogP contribution >= 0.6 is 0 Å². The van der Waals surface area contributed by atoms with E-state index < -0.39 is 11.9 Å². The zero-order valence-electron chi connectivity index (χ0n) is 15.0. The number of nitrogens with zero attached hydrogens (tertiary/aromatic N) is 3. The molecule has 6 nitrogen and oxygen atoms in total. The van der Waals surface area contributed by atoms with Gasteiger partial charge in [0.15, 0.2) is 0 Å². The lowest BCUT2D eigenvalue weighted by Gasteiger charge is -2.16. The van der Waals surface area contributed by atoms with Gasteiger partial charge >= 0.3 is 5.97 Å². The van der Waals surface area contributed by atoms with Gasteiger partial charge in [-0.3, -0.25) is 9.59 Å². The van der Waals surface area contributed by atoms with Crippen LogP contribution in [0.3, 0.4) is 0 Å². The molecule has 1 fully saturated rings. The quantitative estimate of drug-likeness (QED) is 0.931. The Morgan fingerprint density at radius 3 is 2.56 bits per heavy atom. The molecule has 1 N–H and O–H groups in total. The lowest BCUT2D eigenvalue weighted by molar-refractivity contribution is -0.142. The fraction of sp³-hybridized carbons (Fsp3) is 0.421. The molecule has 2 atom stereocenters. The van der Waals surface area contributed by atoms with Crippen LogP contribution in [0.2, 0.25) is 0 Å². The number of likely N-dealkylation sites (tertiary alicyclic amines) is 1. The number of hydrogen-bond donors (Lipinski definition) is 1. The molecule has 2 aromatic rings. The Balaban J connectivity index is 1.90. The van der Waals surface area contributed by atoms with Crippen LogP contribution in [0.4, 0.5) is 0 Å². The molecule has 2 heterocycles. The normalized spacial score (nSPS) is 20.1. The van der Waals surface area contributed by atoms with Crippen LogP contribution in [0.1, 0.15) is 34.1 Å². The largest absolute Gasteiger partial charge is 0.481 e. The molecule has 0 radical (unpaired) electrons. The van der Waals surface area contributed by atoms with Gasteiger partial charge in [-0.05, 0) is 43.9 Å². The van der Waals surface area contributed by atoms with E-state index in [0.29, 0.717) is 12.1 Å². The molecule has 1 aromatic carbocycles. The van der Waals surface area contributed by atoms with Crippen LogP contribution in [-0.2, 0) is 4.79 Å². The van der Waals surface area contributed by atoms with Gasteiger partial charge in [-0.1, -0.05) is 19.1 Å². The number of carbonyl (C=O) groups is 2. The number of amides is 1. The van der Waals surface area contributed by atoms with Crippen molar-refractivity contribution in [1.82, 2.24) is 14.7 Å². The molecule has 0 bridgehead atoms. The van der Waals surface area contributed by atoms with Crippen LogP contribution in [-0.4, -0.2) is 44.8 Å². The first-order valence-electron chi connectivity index (χ1n) is 8.44. The molecular formula is C19H23N3O3. The number of aromatic nitrogens is 2. The molecule has 0 aliphatic carbocycles. The molecule has 1 aromatic heterocycles. The van der Waals surface area contributed by atoms with Crippen LogP contribution in [0.5, 0.6) is 0 Å². The van der Waals surface area contributed by atoms with Gasteiger partial charge in [-0.25, -0.2) is 4.68 Å². The molecule has 0 saturated carbocycles. The van der Waals surface area contributed by atoms with Crippen LogP contribution in [0, 0.1) is 32.6 Å². The van der Waals surface area contributed by atoms with Gasteiger partial charge in [0.05, 0.1) is 29.1 Å². The second kappa shape index (κ2) is 6.35. The number of aryl methyl sites for hydroxylation is 2. The molecule has 1 aliphatic rings. The highest BCUT2D eigenvalue weighted by Crippen LogP contribution is 2.26. The first-order valence-corrected chi connectivity index (χ1v) is 8.44. The van der Waals surface area contributed by atoms with E-state index in [1.165, 1.54) is 0 Å². The van der Waals surface area contributed by atoms with E-state index in [2.05, 4.69) is 5.10 Å². The first kappa shape index (κ1) is 17.2. The monoisotopic (exact) mass is 341 g/mol. The van der Waals surface area contributed by atoms with Gasteiger partial charge in [0.1, 0.15) is 0 Å². The van der Waals surface area contributed by atoms with E-state index in [1.54, 1.807) is 15.8 Å². The minimum absolute atomic E-state index is 0.0455. The van der Waals surface area contributed by atoms with Gasteiger partial charge in [0.2, 0.25) is 0 Å². The van der Waals surface area contributed by atoms with Gasteiger partial charge in [-0.2, -0.15) is 5.10 Å². The van der Waals surface area contributed by atoms with Gasteiger partial charge in [-0.15, -0.1) is 0 Å². The highest BCUT2D eigenvalue weighted by atomic mass is 16.4. The van der Waals surface area contributed by atoms with Crippen molar-refractivity contribution in [2.24, 2.45) is 11.8 Å². The summed E-state index contributed by atoms with van der Waals surface area (Å²) in [5.74, 6) is -1.54. The predicted octanol–water partition coefficient (Wildman–Crippen LogP) is 2.59. The van der Waals surface area contributed by atoms with E-state index in [4.69, 9.17) is 0 Å². The van der Waals surface area contributed by atoms with Crippen molar-refractivity contribution in [3.8, 4) is 5.69 Å². The third-order valence-corrected chi connectivity index (χ3v) is 5.05. The molecule has 0 spiro atoms. The van der Waals surface area contributed by atoms with Crippen molar-refractivity contribution >= 4 is 11.9 Å². The van der Waals surface area contributed by atoms with Gasteiger partial charge in [0.25, 0.3) is 5.91 Å². The van der Waals surface area contributed by atoms with Crippen LogP contribution in [0.15, 0.2) is 24.4 Å².